The van der Waals surface area contributed by atoms with Gasteiger partial charge in [0.1, 0.15) is 5.82 Å². The van der Waals surface area contributed by atoms with E-state index in [1.165, 1.54) is 22.9 Å². The number of para-hydroxylation sites is 1. The molecular formula is C23H30FN2O. The van der Waals surface area contributed by atoms with Crippen LogP contribution in [0.15, 0.2) is 42.5 Å². The molecule has 1 atom stereocenters. The zero-order valence-electron chi connectivity index (χ0n) is 16.4. The second-order valence-electron chi connectivity index (χ2n) is 7.51. The summed E-state index contributed by atoms with van der Waals surface area (Å²) in [6.07, 6.45) is 1.81. The summed E-state index contributed by atoms with van der Waals surface area (Å²) in [5.41, 5.74) is 4.64. The van der Waals surface area contributed by atoms with Crippen LogP contribution >= 0.6 is 0 Å². The highest BCUT2D eigenvalue weighted by atomic mass is 19.1. The maximum absolute atomic E-state index is 13.6. The van der Waals surface area contributed by atoms with E-state index < -0.39 is 0 Å². The number of piperazine rings is 1. The van der Waals surface area contributed by atoms with Gasteiger partial charge in [0.15, 0.2) is 0 Å². The maximum Gasteiger partial charge on any atom is 0.126 e. The Balaban J connectivity index is 1.42. The average molecular weight is 370 g/mol. The summed E-state index contributed by atoms with van der Waals surface area (Å²) in [4.78, 5) is 4.63. The van der Waals surface area contributed by atoms with Crippen LogP contribution in [-0.2, 0) is 6.42 Å². The van der Waals surface area contributed by atoms with Crippen LogP contribution in [0.5, 0.6) is 0 Å². The van der Waals surface area contributed by atoms with Crippen LogP contribution < -0.4 is 4.90 Å². The number of β-amino-alcohol motifs (C(OH)–C–C–N with tert-alkyl or cyclic N) is 1. The van der Waals surface area contributed by atoms with Crippen LogP contribution in [0.2, 0.25) is 0 Å². The molecule has 1 fully saturated rings. The molecular weight excluding hydrogens is 339 g/mol. The molecule has 27 heavy (non-hydrogen) atoms. The third kappa shape index (κ3) is 5.30. The second-order valence-corrected chi connectivity index (χ2v) is 7.51. The molecule has 3 nitrogen and oxygen atoms in total. The Morgan fingerprint density at radius 2 is 1.78 bits per heavy atom. The normalized spacial score (nSPS) is 16.5. The van der Waals surface area contributed by atoms with Gasteiger partial charge in [-0.2, -0.15) is 0 Å². The minimum atomic E-state index is -0.364. The van der Waals surface area contributed by atoms with Gasteiger partial charge in [0.2, 0.25) is 0 Å². The van der Waals surface area contributed by atoms with Crippen molar-refractivity contribution >= 4 is 5.69 Å². The second kappa shape index (κ2) is 9.34. The molecule has 2 aromatic rings. The summed E-state index contributed by atoms with van der Waals surface area (Å²) < 4.78 is 13.6. The SMILES string of the molecule is Cc1cccc(C)c1N1[CH]CN(CC(O)CCCc2ccccc2F)CC1. The van der Waals surface area contributed by atoms with Crippen LogP contribution in [0.1, 0.15) is 29.5 Å². The smallest absolute Gasteiger partial charge is 0.126 e. The molecule has 4 heteroatoms. The lowest BCUT2D eigenvalue weighted by atomic mass is 10.0. The summed E-state index contributed by atoms with van der Waals surface area (Å²) >= 11 is 0. The van der Waals surface area contributed by atoms with E-state index in [1.807, 2.05) is 12.1 Å². The van der Waals surface area contributed by atoms with E-state index in [0.29, 0.717) is 19.4 Å². The number of nitrogens with zero attached hydrogens (tertiary/aromatic N) is 2. The first-order chi connectivity index (χ1) is 13.0. The first kappa shape index (κ1) is 19.8. The zero-order valence-corrected chi connectivity index (χ0v) is 16.4. The first-order valence-corrected chi connectivity index (χ1v) is 9.84. The summed E-state index contributed by atoms with van der Waals surface area (Å²) in [5.74, 6) is -0.149. The molecule has 0 amide bonds. The summed E-state index contributed by atoms with van der Waals surface area (Å²) in [6.45, 7) is 9.93. The topological polar surface area (TPSA) is 26.7 Å². The van der Waals surface area contributed by atoms with Crippen LogP contribution in [0.25, 0.3) is 0 Å². The molecule has 1 radical (unpaired) electrons. The highest BCUT2D eigenvalue weighted by Crippen LogP contribution is 2.27. The van der Waals surface area contributed by atoms with E-state index in [2.05, 4.69) is 48.4 Å². The number of benzene rings is 2. The van der Waals surface area contributed by atoms with E-state index in [-0.39, 0.29) is 11.9 Å². The molecule has 1 aliphatic rings. The van der Waals surface area contributed by atoms with E-state index in [4.69, 9.17) is 0 Å². The van der Waals surface area contributed by atoms with E-state index >= 15 is 0 Å². The minimum absolute atomic E-state index is 0.149. The number of aliphatic hydroxyl groups excluding tert-OH is 1. The van der Waals surface area contributed by atoms with Crippen molar-refractivity contribution in [3.8, 4) is 0 Å². The summed E-state index contributed by atoms with van der Waals surface area (Å²) in [7, 11) is 0. The number of anilines is 1. The van der Waals surface area contributed by atoms with Gasteiger partial charge in [0, 0.05) is 31.9 Å². The van der Waals surface area contributed by atoms with Gasteiger partial charge >= 0.3 is 0 Å². The van der Waals surface area contributed by atoms with Gasteiger partial charge in [-0.15, -0.1) is 0 Å². The third-order valence-electron chi connectivity index (χ3n) is 5.35. The molecule has 0 aliphatic carbocycles. The Bertz CT molecular complexity index is 721. The minimum Gasteiger partial charge on any atom is -0.392 e. The van der Waals surface area contributed by atoms with Crippen LogP contribution in [0.3, 0.4) is 0 Å². The van der Waals surface area contributed by atoms with Crippen molar-refractivity contribution in [2.75, 3.05) is 31.1 Å². The molecule has 0 spiro atoms. The fourth-order valence-electron chi connectivity index (χ4n) is 3.89. The largest absolute Gasteiger partial charge is 0.392 e. The fourth-order valence-corrected chi connectivity index (χ4v) is 3.89. The molecule has 0 bridgehead atoms. The molecule has 2 aromatic carbocycles. The van der Waals surface area contributed by atoms with Crippen molar-refractivity contribution in [2.45, 2.75) is 39.2 Å². The third-order valence-corrected chi connectivity index (χ3v) is 5.35. The molecule has 0 saturated carbocycles. The number of halogens is 1. The molecule has 1 N–H and O–H groups in total. The monoisotopic (exact) mass is 369 g/mol. The number of aliphatic hydroxyl groups is 1. The molecule has 1 saturated heterocycles. The maximum atomic E-state index is 13.6. The Kier molecular flexibility index (Phi) is 6.86. The Hall–Kier alpha value is -1.91. The quantitative estimate of drug-likeness (QED) is 0.796. The van der Waals surface area contributed by atoms with Crippen LogP contribution in [0, 0.1) is 26.2 Å². The standard InChI is InChI=1S/C23H30FN2O/c1-18-7-5-8-19(2)23(18)26-15-13-25(14-16-26)17-21(27)11-6-10-20-9-3-4-12-22(20)24/h3-5,7-9,12,15,21,27H,6,10-11,13-14,16-17H2,1-2H3. The van der Waals surface area contributed by atoms with Gasteiger partial charge in [-0.25, -0.2) is 4.39 Å². The number of hydrogen-bond donors (Lipinski definition) is 1. The number of aryl methyl sites for hydroxylation is 3. The van der Waals surface area contributed by atoms with Gasteiger partial charge in [0.05, 0.1) is 12.6 Å². The lowest BCUT2D eigenvalue weighted by molar-refractivity contribution is 0.104. The molecule has 1 aliphatic heterocycles. The fraction of sp³-hybridized carbons (Fsp3) is 0.435. The zero-order chi connectivity index (χ0) is 19.2. The predicted molar refractivity (Wildman–Crippen MR) is 109 cm³/mol. The Labute approximate surface area is 162 Å². The Morgan fingerprint density at radius 1 is 1.04 bits per heavy atom. The van der Waals surface area contributed by atoms with E-state index in [1.54, 1.807) is 6.07 Å². The van der Waals surface area contributed by atoms with E-state index in [0.717, 1.165) is 31.6 Å². The molecule has 1 heterocycles. The number of rotatable bonds is 7. The van der Waals surface area contributed by atoms with Gasteiger partial charge in [-0.05, 0) is 55.9 Å². The van der Waals surface area contributed by atoms with Crippen LogP contribution in [0.4, 0.5) is 10.1 Å². The first-order valence-electron chi connectivity index (χ1n) is 9.84. The lowest BCUT2D eigenvalue weighted by Crippen LogP contribution is -2.46. The van der Waals surface area contributed by atoms with E-state index in [9.17, 15) is 9.50 Å². The van der Waals surface area contributed by atoms with Crippen molar-refractivity contribution in [3.63, 3.8) is 0 Å². The van der Waals surface area contributed by atoms with Crippen molar-refractivity contribution in [3.05, 3.63) is 71.5 Å². The number of hydrogen-bond acceptors (Lipinski definition) is 3. The van der Waals surface area contributed by atoms with Crippen LogP contribution in [-0.4, -0.2) is 42.3 Å². The van der Waals surface area contributed by atoms with Crippen molar-refractivity contribution in [1.29, 1.82) is 0 Å². The van der Waals surface area contributed by atoms with Gasteiger partial charge in [0.25, 0.3) is 0 Å². The molecule has 145 valence electrons. The lowest BCUT2D eigenvalue weighted by Gasteiger charge is -2.37. The Morgan fingerprint density at radius 3 is 2.44 bits per heavy atom. The molecule has 0 aromatic heterocycles. The average Bonchev–Trinajstić information content (AvgIpc) is 2.64. The molecule has 3 rings (SSSR count). The van der Waals surface area contributed by atoms with Crippen molar-refractivity contribution in [1.82, 2.24) is 4.90 Å². The van der Waals surface area contributed by atoms with Crippen molar-refractivity contribution < 1.29 is 9.50 Å². The van der Waals surface area contributed by atoms with Gasteiger partial charge in [-0.3, -0.25) is 4.90 Å². The summed E-state index contributed by atoms with van der Waals surface area (Å²) in [5, 5.41) is 10.4. The summed E-state index contributed by atoms with van der Waals surface area (Å²) in [6, 6.07) is 13.3. The van der Waals surface area contributed by atoms with Gasteiger partial charge < -0.3 is 10.0 Å². The highest BCUT2D eigenvalue weighted by Gasteiger charge is 2.21. The van der Waals surface area contributed by atoms with Gasteiger partial charge in [-0.1, -0.05) is 36.4 Å². The highest BCUT2D eigenvalue weighted by molar-refractivity contribution is 5.60. The predicted octanol–water partition coefficient (Wildman–Crippen LogP) is 4.11. The molecule has 1 unspecified atom stereocenters. The van der Waals surface area contributed by atoms with Crippen molar-refractivity contribution in [2.24, 2.45) is 0 Å².